The number of rotatable bonds is 5. The van der Waals surface area contributed by atoms with Gasteiger partial charge >= 0.3 is 0 Å². The molecule has 0 aliphatic rings. The first-order valence-corrected chi connectivity index (χ1v) is 4.64. The Morgan fingerprint density at radius 2 is 2.27 bits per heavy atom. The summed E-state index contributed by atoms with van der Waals surface area (Å²) in [7, 11) is 0. The average molecular weight is 196 g/mol. The molecule has 1 unspecified atom stereocenters. The molecule has 0 aliphatic heterocycles. The first-order valence-electron chi connectivity index (χ1n) is 3.77. The fourth-order valence-corrected chi connectivity index (χ4v) is 0.811. The van der Waals surface area contributed by atoms with E-state index in [1.807, 2.05) is 13.8 Å². The summed E-state index contributed by atoms with van der Waals surface area (Å²) in [4.78, 5) is 0. The minimum Gasteiger partial charge on any atom is -0.313 e. The van der Waals surface area contributed by atoms with Crippen LogP contribution in [0.1, 0.15) is 20.3 Å². The minimum atomic E-state index is 0.253. The normalized spacial score (nSPS) is 15.1. The predicted molar refractivity (Wildman–Crippen MR) is 52.4 cm³/mol. The summed E-state index contributed by atoms with van der Waals surface area (Å²) in [5.41, 5.74) is 2.74. The van der Waals surface area contributed by atoms with Gasteiger partial charge in [0.2, 0.25) is 0 Å². The van der Waals surface area contributed by atoms with Crippen molar-refractivity contribution in [1.29, 1.82) is 0 Å². The standard InChI is InChI=1S/C8H15Cl2N/c1-7(5-9)6-11-4-3-8(2)10/h5,8,11H,3-4,6H2,1-2H3. The number of alkyl halides is 1. The lowest BCUT2D eigenvalue weighted by Gasteiger charge is -2.04. The maximum atomic E-state index is 5.75. The third kappa shape index (κ3) is 8.18. The molecule has 11 heavy (non-hydrogen) atoms. The zero-order chi connectivity index (χ0) is 8.69. The molecule has 1 atom stereocenters. The molecule has 0 aromatic carbocycles. The number of hydrogen-bond acceptors (Lipinski definition) is 1. The van der Waals surface area contributed by atoms with Crippen LogP contribution in [0.2, 0.25) is 0 Å². The topological polar surface area (TPSA) is 12.0 Å². The van der Waals surface area contributed by atoms with Crippen LogP contribution < -0.4 is 5.32 Å². The molecule has 0 saturated carbocycles. The molecule has 0 amide bonds. The Balaban J connectivity index is 3.15. The molecule has 1 N–H and O–H groups in total. The second kappa shape index (κ2) is 6.96. The third-order valence-electron chi connectivity index (χ3n) is 1.31. The van der Waals surface area contributed by atoms with Gasteiger partial charge in [0, 0.05) is 17.5 Å². The Morgan fingerprint density at radius 3 is 2.73 bits per heavy atom. The van der Waals surface area contributed by atoms with E-state index < -0.39 is 0 Å². The summed E-state index contributed by atoms with van der Waals surface area (Å²) in [5.74, 6) is 0. The summed E-state index contributed by atoms with van der Waals surface area (Å²) in [6.45, 7) is 5.79. The van der Waals surface area contributed by atoms with Crippen LogP contribution in [0.15, 0.2) is 11.1 Å². The van der Waals surface area contributed by atoms with Crippen molar-refractivity contribution in [3.8, 4) is 0 Å². The lowest BCUT2D eigenvalue weighted by atomic mass is 10.3. The van der Waals surface area contributed by atoms with Crippen LogP contribution in [0.4, 0.5) is 0 Å². The van der Waals surface area contributed by atoms with Gasteiger partial charge in [-0.3, -0.25) is 0 Å². The van der Waals surface area contributed by atoms with Crippen LogP contribution in [0.5, 0.6) is 0 Å². The molecule has 0 radical (unpaired) electrons. The lowest BCUT2D eigenvalue weighted by molar-refractivity contribution is 0.675. The van der Waals surface area contributed by atoms with Gasteiger partial charge in [-0.05, 0) is 32.4 Å². The van der Waals surface area contributed by atoms with Gasteiger partial charge < -0.3 is 5.32 Å². The summed E-state index contributed by atoms with van der Waals surface area (Å²) < 4.78 is 0. The first kappa shape index (κ1) is 11.3. The van der Waals surface area contributed by atoms with E-state index in [9.17, 15) is 0 Å². The van der Waals surface area contributed by atoms with Crippen molar-refractivity contribution < 1.29 is 0 Å². The molecule has 0 aromatic rings. The average Bonchev–Trinajstić information content (AvgIpc) is 1.97. The largest absolute Gasteiger partial charge is 0.313 e. The maximum Gasteiger partial charge on any atom is 0.0319 e. The third-order valence-corrected chi connectivity index (χ3v) is 1.90. The van der Waals surface area contributed by atoms with Crippen molar-refractivity contribution in [2.75, 3.05) is 13.1 Å². The molecule has 0 heterocycles. The lowest BCUT2D eigenvalue weighted by Crippen LogP contribution is -2.19. The van der Waals surface area contributed by atoms with E-state index in [1.54, 1.807) is 5.54 Å². The van der Waals surface area contributed by atoms with Crippen molar-refractivity contribution in [3.05, 3.63) is 11.1 Å². The van der Waals surface area contributed by atoms with Gasteiger partial charge in [0.25, 0.3) is 0 Å². The molecule has 0 spiro atoms. The van der Waals surface area contributed by atoms with Crippen LogP contribution >= 0.6 is 23.2 Å². The van der Waals surface area contributed by atoms with Crippen LogP contribution in [0.3, 0.4) is 0 Å². The molecule has 66 valence electrons. The van der Waals surface area contributed by atoms with E-state index in [1.165, 1.54) is 0 Å². The van der Waals surface area contributed by atoms with Crippen LogP contribution in [0, 0.1) is 0 Å². The predicted octanol–water partition coefficient (Wildman–Crippen LogP) is 2.74. The van der Waals surface area contributed by atoms with E-state index in [0.717, 1.165) is 25.1 Å². The maximum absolute atomic E-state index is 5.75. The van der Waals surface area contributed by atoms with Crippen molar-refractivity contribution in [1.82, 2.24) is 5.32 Å². The van der Waals surface area contributed by atoms with Gasteiger partial charge in [0.15, 0.2) is 0 Å². The summed E-state index contributed by atoms with van der Waals surface area (Å²) in [5, 5.41) is 3.48. The highest BCUT2D eigenvalue weighted by molar-refractivity contribution is 6.25. The van der Waals surface area contributed by atoms with Crippen LogP contribution in [-0.2, 0) is 0 Å². The summed E-state index contributed by atoms with van der Waals surface area (Å²) in [6, 6.07) is 0. The molecular formula is C8H15Cl2N. The second-order valence-electron chi connectivity index (χ2n) is 2.70. The van der Waals surface area contributed by atoms with Gasteiger partial charge in [-0.15, -0.1) is 11.6 Å². The Kier molecular flexibility index (Phi) is 7.13. The van der Waals surface area contributed by atoms with E-state index in [-0.39, 0.29) is 5.38 Å². The highest BCUT2D eigenvalue weighted by Crippen LogP contribution is 1.98. The molecule has 0 aromatic heterocycles. The SMILES string of the molecule is CC(=CCl)CNCCC(C)Cl. The minimum absolute atomic E-state index is 0.253. The summed E-state index contributed by atoms with van der Waals surface area (Å²) >= 11 is 11.2. The smallest absolute Gasteiger partial charge is 0.0319 e. The van der Waals surface area contributed by atoms with Gasteiger partial charge in [0.1, 0.15) is 0 Å². The van der Waals surface area contributed by atoms with E-state index >= 15 is 0 Å². The fraction of sp³-hybridized carbons (Fsp3) is 0.750. The highest BCUT2D eigenvalue weighted by Gasteiger charge is 1.94. The Hall–Kier alpha value is 0.280. The van der Waals surface area contributed by atoms with Crippen molar-refractivity contribution in [3.63, 3.8) is 0 Å². The van der Waals surface area contributed by atoms with Gasteiger partial charge in [-0.1, -0.05) is 11.6 Å². The van der Waals surface area contributed by atoms with E-state index in [4.69, 9.17) is 23.2 Å². The number of hydrogen-bond donors (Lipinski definition) is 1. The molecule has 0 saturated heterocycles. The Morgan fingerprint density at radius 1 is 1.64 bits per heavy atom. The monoisotopic (exact) mass is 195 g/mol. The van der Waals surface area contributed by atoms with E-state index in [2.05, 4.69) is 5.32 Å². The zero-order valence-electron chi connectivity index (χ0n) is 7.03. The van der Waals surface area contributed by atoms with Crippen molar-refractivity contribution in [2.45, 2.75) is 25.6 Å². The first-order chi connectivity index (χ1) is 5.16. The Bertz CT molecular complexity index is 121. The number of nitrogens with one attached hydrogen (secondary N) is 1. The Labute approximate surface area is 78.8 Å². The number of halogens is 2. The van der Waals surface area contributed by atoms with Gasteiger partial charge in [0.05, 0.1) is 0 Å². The zero-order valence-corrected chi connectivity index (χ0v) is 8.54. The van der Waals surface area contributed by atoms with Crippen molar-refractivity contribution >= 4 is 23.2 Å². The second-order valence-corrected chi connectivity index (χ2v) is 3.66. The molecule has 1 nitrogen and oxygen atoms in total. The molecule has 0 fully saturated rings. The van der Waals surface area contributed by atoms with E-state index in [0.29, 0.717) is 0 Å². The quantitative estimate of drug-likeness (QED) is 0.526. The molecule has 0 aliphatic carbocycles. The summed E-state index contributed by atoms with van der Waals surface area (Å²) in [6.07, 6.45) is 0.997. The van der Waals surface area contributed by atoms with Gasteiger partial charge in [-0.2, -0.15) is 0 Å². The molecular weight excluding hydrogens is 181 g/mol. The van der Waals surface area contributed by atoms with Crippen LogP contribution in [0.25, 0.3) is 0 Å². The molecule has 0 rings (SSSR count). The highest BCUT2D eigenvalue weighted by atomic mass is 35.5. The van der Waals surface area contributed by atoms with Crippen molar-refractivity contribution in [2.24, 2.45) is 0 Å². The van der Waals surface area contributed by atoms with Gasteiger partial charge in [-0.25, -0.2) is 0 Å². The van der Waals surface area contributed by atoms with Crippen LogP contribution in [-0.4, -0.2) is 18.5 Å². The molecule has 3 heteroatoms. The fourth-order valence-electron chi connectivity index (χ4n) is 0.625. The molecule has 0 bridgehead atoms.